The molecule has 138 valence electrons. The van der Waals surface area contributed by atoms with Gasteiger partial charge in [-0.25, -0.2) is 14.0 Å². The van der Waals surface area contributed by atoms with Gasteiger partial charge < -0.3 is 15.2 Å². The first-order chi connectivity index (χ1) is 11.5. The highest BCUT2D eigenvalue weighted by molar-refractivity contribution is 6.06. The van der Waals surface area contributed by atoms with Crippen molar-refractivity contribution >= 4 is 17.7 Å². The quantitative estimate of drug-likeness (QED) is 0.459. The van der Waals surface area contributed by atoms with Crippen molar-refractivity contribution in [3.05, 3.63) is 35.6 Å². The number of esters is 2. The molecular formula is C18H24FNO5. The van der Waals surface area contributed by atoms with Gasteiger partial charge in [-0.1, -0.05) is 0 Å². The summed E-state index contributed by atoms with van der Waals surface area (Å²) in [5.74, 6) is -2.74. The van der Waals surface area contributed by atoms with E-state index in [0.717, 1.165) is 12.1 Å². The van der Waals surface area contributed by atoms with Crippen molar-refractivity contribution in [1.29, 1.82) is 0 Å². The highest BCUT2D eigenvalue weighted by Crippen LogP contribution is 2.20. The van der Waals surface area contributed by atoms with E-state index in [-0.39, 0.29) is 30.8 Å². The third-order valence-corrected chi connectivity index (χ3v) is 3.32. The molecule has 1 atom stereocenters. The first kappa shape index (κ1) is 20.8. The lowest BCUT2D eigenvalue weighted by atomic mass is 9.91. The summed E-state index contributed by atoms with van der Waals surface area (Å²) in [6, 6.07) is 4.96. The van der Waals surface area contributed by atoms with Crippen LogP contribution in [0.3, 0.4) is 0 Å². The van der Waals surface area contributed by atoms with Crippen LogP contribution < -0.4 is 5.73 Å². The highest BCUT2D eigenvalue weighted by atomic mass is 19.1. The molecule has 0 saturated carbocycles. The van der Waals surface area contributed by atoms with E-state index in [1.165, 1.54) is 12.1 Å². The fourth-order valence-electron chi connectivity index (χ4n) is 2.01. The number of carbonyl (C=O) groups is 3. The van der Waals surface area contributed by atoms with Crippen LogP contribution in [0, 0.1) is 5.82 Å². The summed E-state index contributed by atoms with van der Waals surface area (Å²) in [7, 11) is 0. The Labute approximate surface area is 146 Å². The number of hydrogen-bond donors (Lipinski definition) is 1. The average molecular weight is 353 g/mol. The number of carbonyl (C=O) groups excluding carboxylic acids is 3. The van der Waals surface area contributed by atoms with Gasteiger partial charge in [0.2, 0.25) is 5.54 Å². The van der Waals surface area contributed by atoms with E-state index in [1.54, 1.807) is 27.7 Å². The number of hydrogen-bond acceptors (Lipinski definition) is 6. The SMILES string of the molecule is CCOC(=O)C(N)(CCC(=O)c1ccc(F)cc1)C(=O)OC(C)(C)C. The second kappa shape index (κ2) is 8.20. The van der Waals surface area contributed by atoms with Gasteiger partial charge in [0.15, 0.2) is 5.78 Å². The summed E-state index contributed by atoms with van der Waals surface area (Å²) in [5.41, 5.74) is 3.29. The molecule has 6 nitrogen and oxygen atoms in total. The van der Waals surface area contributed by atoms with Crippen LogP contribution in [0.2, 0.25) is 0 Å². The fourth-order valence-corrected chi connectivity index (χ4v) is 2.01. The van der Waals surface area contributed by atoms with Crippen molar-refractivity contribution in [3.63, 3.8) is 0 Å². The Morgan fingerprint density at radius 2 is 1.64 bits per heavy atom. The monoisotopic (exact) mass is 353 g/mol. The van der Waals surface area contributed by atoms with Gasteiger partial charge in [0.25, 0.3) is 0 Å². The predicted octanol–water partition coefficient (Wildman–Crippen LogP) is 2.39. The molecule has 0 saturated heterocycles. The van der Waals surface area contributed by atoms with Crippen molar-refractivity contribution in [2.24, 2.45) is 5.73 Å². The minimum atomic E-state index is -2.08. The normalized spacial score (nSPS) is 13.7. The molecule has 0 amide bonds. The maximum absolute atomic E-state index is 12.9. The molecule has 0 radical (unpaired) electrons. The third kappa shape index (κ3) is 5.94. The van der Waals surface area contributed by atoms with Gasteiger partial charge in [-0.15, -0.1) is 0 Å². The highest BCUT2D eigenvalue weighted by Gasteiger charge is 2.46. The second-order valence-electron chi connectivity index (χ2n) is 6.62. The molecule has 0 aliphatic rings. The molecule has 1 rings (SSSR count). The molecule has 0 aliphatic carbocycles. The van der Waals surface area contributed by atoms with Crippen LogP contribution in [-0.4, -0.2) is 35.5 Å². The molecule has 1 unspecified atom stereocenters. The summed E-state index contributed by atoms with van der Waals surface area (Å²) in [6.07, 6.45) is -0.475. The van der Waals surface area contributed by atoms with Crippen LogP contribution in [0.4, 0.5) is 4.39 Å². The van der Waals surface area contributed by atoms with Gasteiger partial charge in [-0.05, 0) is 58.4 Å². The third-order valence-electron chi connectivity index (χ3n) is 3.32. The Morgan fingerprint density at radius 1 is 1.08 bits per heavy atom. The first-order valence-electron chi connectivity index (χ1n) is 7.98. The van der Waals surface area contributed by atoms with E-state index in [2.05, 4.69) is 0 Å². The van der Waals surface area contributed by atoms with E-state index in [0.29, 0.717) is 0 Å². The maximum atomic E-state index is 12.9. The lowest BCUT2D eigenvalue weighted by Gasteiger charge is -2.29. The number of Topliss-reactive ketones (excluding diaryl/α,β-unsaturated/α-hetero) is 1. The summed E-state index contributed by atoms with van der Waals surface area (Å²) < 4.78 is 23.0. The summed E-state index contributed by atoms with van der Waals surface area (Å²) in [6.45, 7) is 6.53. The molecule has 7 heteroatoms. The van der Waals surface area contributed by atoms with Gasteiger partial charge in [-0.2, -0.15) is 0 Å². The van der Waals surface area contributed by atoms with Gasteiger partial charge >= 0.3 is 11.9 Å². The van der Waals surface area contributed by atoms with Gasteiger partial charge in [0.1, 0.15) is 11.4 Å². The Morgan fingerprint density at radius 3 is 2.12 bits per heavy atom. The zero-order valence-corrected chi connectivity index (χ0v) is 14.9. The van der Waals surface area contributed by atoms with Gasteiger partial charge in [-0.3, -0.25) is 4.79 Å². The summed E-state index contributed by atoms with van der Waals surface area (Å²) >= 11 is 0. The molecule has 1 aromatic carbocycles. The molecule has 0 aromatic heterocycles. The molecule has 1 aromatic rings. The van der Waals surface area contributed by atoms with Crippen LogP contribution in [0.5, 0.6) is 0 Å². The zero-order valence-electron chi connectivity index (χ0n) is 14.9. The minimum Gasteiger partial charge on any atom is -0.464 e. The fraction of sp³-hybridized carbons (Fsp3) is 0.500. The van der Waals surface area contributed by atoms with E-state index in [1.807, 2.05) is 0 Å². The molecule has 0 bridgehead atoms. The predicted molar refractivity (Wildman–Crippen MR) is 89.4 cm³/mol. The molecule has 0 aliphatic heterocycles. The Bertz CT molecular complexity index is 636. The topological polar surface area (TPSA) is 95.7 Å². The number of ether oxygens (including phenoxy) is 2. The van der Waals surface area contributed by atoms with Crippen molar-refractivity contribution in [2.75, 3.05) is 6.61 Å². The second-order valence-corrected chi connectivity index (χ2v) is 6.62. The van der Waals surface area contributed by atoms with Crippen molar-refractivity contribution < 1.29 is 28.2 Å². The van der Waals surface area contributed by atoms with Gasteiger partial charge in [0, 0.05) is 12.0 Å². The van der Waals surface area contributed by atoms with Crippen molar-refractivity contribution in [3.8, 4) is 0 Å². The Kier molecular flexibility index (Phi) is 6.81. The van der Waals surface area contributed by atoms with Gasteiger partial charge in [0.05, 0.1) is 6.61 Å². The van der Waals surface area contributed by atoms with E-state index >= 15 is 0 Å². The summed E-state index contributed by atoms with van der Waals surface area (Å²) in [5, 5.41) is 0. The maximum Gasteiger partial charge on any atom is 0.338 e. The Balaban J connectivity index is 2.93. The van der Waals surface area contributed by atoms with E-state index in [4.69, 9.17) is 15.2 Å². The number of benzene rings is 1. The van der Waals surface area contributed by atoms with Crippen molar-refractivity contribution in [2.45, 2.75) is 51.7 Å². The first-order valence-corrected chi connectivity index (χ1v) is 7.98. The molecule has 0 heterocycles. The van der Waals surface area contributed by atoms with E-state index in [9.17, 15) is 18.8 Å². The largest absolute Gasteiger partial charge is 0.464 e. The van der Waals surface area contributed by atoms with Crippen LogP contribution in [0.15, 0.2) is 24.3 Å². The lowest BCUT2D eigenvalue weighted by molar-refractivity contribution is -0.171. The van der Waals surface area contributed by atoms with Crippen LogP contribution in [0.25, 0.3) is 0 Å². The lowest BCUT2D eigenvalue weighted by Crippen LogP contribution is -2.58. The number of halogens is 1. The Hall–Kier alpha value is -2.28. The smallest absolute Gasteiger partial charge is 0.338 e. The molecular weight excluding hydrogens is 329 g/mol. The van der Waals surface area contributed by atoms with Crippen molar-refractivity contribution in [1.82, 2.24) is 0 Å². The van der Waals surface area contributed by atoms with Crippen LogP contribution >= 0.6 is 0 Å². The molecule has 0 spiro atoms. The molecule has 25 heavy (non-hydrogen) atoms. The molecule has 0 fully saturated rings. The zero-order chi connectivity index (χ0) is 19.3. The van der Waals surface area contributed by atoms with E-state index < -0.39 is 28.9 Å². The number of rotatable bonds is 7. The van der Waals surface area contributed by atoms with Crippen LogP contribution in [0.1, 0.15) is 50.9 Å². The van der Waals surface area contributed by atoms with Crippen LogP contribution in [-0.2, 0) is 19.1 Å². The minimum absolute atomic E-state index is 0.0342. The number of ketones is 1. The standard InChI is InChI=1S/C18H24FNO5/c1-5-24-15(22)18(20,16(23)25-17(2,3)4)11-10-14(21)12-6-8-13(19)9-7-12/h6-9H,5,10-11,20H2,1-4H3. The summed E-state index contributed by atoms with van der Waals surface area (Å²) in [4.78, 5) is 36.8. The average Bonchev–Trinajstić information content (AvgIpc) is 2.51. The molecule has 2 N–H and O–H groups in total. The number of nitrogens with two attached hydrogens (primary N) is 1.